The molecule has 1 fully saturated rings. The average molecular weight is 282 g/mol. The first kappa shape index (κ1) is 11.9. The highest BCUT2D eigenvalue weighted by Gasteiger charge is 2.20. The summed E-state index contributed by atoms with van der Waals surface area (Å²) in [5, 5.41) is 7.68. The van der Waals surface area contributed by atoms with Gasteiger partial charge in [-0.05, 0) is 31.0 Å². The van der Waals surface area contributed by atoms with E-state index in [0.717, 1.165) is 29.0 Å². The van der Waals surface area contributed by atoms with Gasteiger partial charge in [-0.1, -0.05) is 18.3 Å². The highest BCUT2D eigenvalue weighted by Crippen LogP contribution is 2.32. The zero-order chi connectivity index (χ0) is 12.5. The summed E-state index contributed by atoms with van der Waals surface area (Å²) in [5.41, 5.74) is 0. The first-order chi connectivity index (χ1) is 8.72. The van der Waals surface area contributed by atoms with E-state index in [1.165, 1.54) is 12.8 Å². The van der Waals surface area contributed by atoms with Crippen molar-refractivity contribution in [1.29, 1.82) is 0 Å². The van der Waals surface area contributed by atoms with E-state index in [0.29, 0.717) is 10.7 Å². The Kier molecular flexibility index (Phi) is 3.17. The van der Waals surface area contributed by atoms with Crippen LogP contribution in [0, 0.1) is 10.8 Å². The number of rotatable bonds is 2. The lowest BCUT2D eigenvalue weighted by Gasteiger charge is -2.30. The third-order valence-corrected chi connectivity index (χ3v) is 4.29. The topological polar surface area (TPSA) is 58.0 Å². The van der Waals surface area contributed by atoms with Gasteiger partial charge >= 0.3 is 0 Å². The van der Waals surface area contributed by atoms with Gasteiger partial charge in [0.15, 0.2) is 5.13 Å². The summed E-state index contributed by atoms with van der Waals surface area (Å²) in [7, 11) is 0. The normalized spacial score (nSPS) is 20.3. The van der Waals surface area contributed by atoms with Gasteiger partial charge in [0.1, 0.15) is 4.88 Å². The number of nitrogens with zero attached hydrogens (tertiary/aromatic N) is 3. The lowest BCUT2D eigenvalue weighted by atomic mass is 10.0. The van der Waals surface area contributed by atoms with Crippen LogP contribution in [0.1, 0.15) is 19.8 Å². The minimum atomic E-state index is 0.298. The molecule has 0 bridgehead atoms. The number of nitrogens with one attached hydrogen (secondary N) is 1. The molecule has 1 unspecified atom stereocenters. The van der Waals surface area contributed by atoms with Crippen LogP contribution in [-0.4, -0.2) is 28.3 Å². The minimum absolute atomic E-state index is 0.298. The maximum atomic E-state index is 5.29. The highest BCUT2D eigenvalue weighted by atomic mass is 32.1. The molecular weight excluding hydrogens is 268 g/mol. The molecule has 2 aromatic heterocycles. The van der Waals surface area contributed by atoms with Gasteiger partial charge in [0, 0.05) is 13.1 Å². The number of anilines is 1. The molecule has 2 aromatic rings. The van der Waals surface area contributed by atoms with Crippen molar-refractivity contribution in [2.45, 2.75) is 19.8 Å². The monoisotopic (exact) mass is 282 g/mol. The molecule has 0 radical (unpaired) electrons. The van der Waals surface area contributed by atoms with Gasteiger partial charge in [0.25, 0.3) is 10.7 Å². The van der Waals surface area contributed by atoms with Crippen LogP contribution in [0.2, 0.25) is 0 Å². The predicted octanol–water partition coefficient (Wildman–Crippen LogP) is 3.09. The van der Waals surface area contributed by atoms with Crippen LogP contribution >= 0.6 is 23.6 Å². The van der Waals surface area contributed by atoms with Crippen molar-refractivity contribution in [3.8, 4) is 10.8 Å². The number of aromatic nitrogens is 3. The molecule has 0 saturated carbocycles. The Morgan fingerprint density at radius 3 is 3.22 bits per heavy atom. The molecule has 3 heterocycles. The summed E-state index contributed by atoms with van der Waals surface area (Å²) in [6.07, 6.45) is 4.34. The van der Waals surface area contributed by atoms with E-state index in [1.807, 2.05) is 0 Å². The van der Waals surface area contributed by atoms with Gasteiger partial charge in [-0.3, -0.25) is 0 Å². The molecule has 0 amide bonds. The Morgan fingerprint density at radius 2 is 2.50 bits per heavy atom. The van der Waals surface area contributed by atoms with Crippen molar-refractivity contribution in [3.63, 3.8) is 0 Å². The van der Waals surface area contributed by atoms with E-state index < -0.39 is 0 Å². The highest BCUT2D eigenvalue weighted by molar-refractivity contribution is 7.71. The Bertz CT molecular complexity index is 588. The van der Waals surface area contributed by atoms with Gasteiger partial charge in [-0.2, -0.15) is 0 Å². The second-order valence-electron chi connectivity index (χ2n) is 4.62. The Labute approximate surface area is 114 Å². The van der Waals surface area contributed by atoms with Crippen LogP contribution in [0.3, 0.4) is 0 Å². The minimum Gasteiger partial charge on any atom is -0.408 e. The maximum absolute atomic E-state index is 5.29. The Balaban J connectivity index is 1.83. The summed E-state index contributed by atoms with van der Waals surface area (Å²) in [6, 6.07) is 0. The molecule has 0 aromatic carbocycles. The van der Waals surface area contributed by atoms with E-state index in [2.05, 4.69) is 27.0 Å². The number of piperidine rings is 1. The SMILES string of the molecule is CC1CCCN(c2ncc(-c3n[nH]c(=S)o3)s2)C1. The Morgan fingerprint density at radius 1 is 1.61 bits per heavy atom. The fourth-order valence-electron chi connectivity index (χ4n) is 2.21. The van der Waals surface area contributed by atoms with E-state index in [1.54, 1.807) is 17.5 Å². The van der Waals surface area contributed by atoms with E-state index in [9.17, 15) is 0 Å². The smallest absolute Gasteiger partial charge is 0.284 e. The number of hydrogen-bond acceptors (Lipinski definition) is 6. The van der Waals surface area contributed by atoms with Crippen LogP contribution in [0.4, 0.5) is 5.13 Å². The van der Waals surface area contributed by atoms with Gasteiger partial charge < -0.3 is 9.32 Å². The van der Waals surface area contributed by atoms with Crippen molar-refractivity contribution >= 4 is 28.7 Å². The van der Waals surface area contributed by atoms with Gasteiger partial charge in [0.05, 0.1) is 6.20 Å². The van der Waals surface area contributed by atoms with Crippen LogP contribution < -0.4 is 4.90 Å². The van der Waals surface area contributed by atoms with Crippen molar-refractivity contribution in [3.05, 3.63) is 11.0 Å². The maximum Gasteiger partial charge on any atom is 0.284 e. The van der Waals surface area contributed by atoms with E-state index in [4.69, 9.17) is 16.6 Å². The van der Waals surface area contributed by atoms with Gasteiger partial charge in [0.2, 0.25) is 0 Å². The van der Waals surface area contributed by atoms with Crippen molar-refractivity contribution < 1.29 is 4.42 Å². The van der Waals surface area contributed by atoms with Crippen molar-refractivity contribution in [2.75, 3.05) is 18.0 Å². The standard InChI is InChI=1S/C11H14N4OS2/c1-7-3-2-4-15(6-7)10-12-5-8(18-10)9-13-14-11(17)16-9/h5,7H,2-4,6H2,1H3,(H,14,17). The summed E-state index contributed by atoms with van der Waals surface area (Å²) >= 11 is 6.47. The fourth-order valence-corrected chi connectivity index (χ4v) is 3.21. The van der Waals surface area contributed by atoms with E-state index in [-0.39, 0.29) is 0 Å². The second kappa shape index (κ2) is 4.81. The molecule has 18 heavy (non-hydrogen) atoms. The quantitative estimate of drug-likeness (QED) is 0.858. The van der Waals surface area contributed by atoms with Crippen LogP contribution in [0.15, 0.2) is 10.6 Å². The van der Waals surface area contributed by atoms with Crippen LogP contribution in [0.5, 0.6) is 0 Å². The lowest BCUT2D eigenvalue weighted by Crippen LogP contribution is -2.34. The molecular formula is C11H14N4OS2. The summed E-state index contributed by atoms with van der Waals surface area (Å²) < 4.78 is 5.29. The van der Waals surface area contributed by atoms with Crippen LogP contribution in [0.25, 0.3) is 10.8 Å². The molecule has 1 aliphatic rings. The molecule has 96 valence electrons. The molecule has 7 heteroatoms. The summed E-state index contributed by atoms with van der Waals surface area (Å²) in [6.45, 7) is 4.45. The molecule has 1 aliphatic heterocycles. The summed E-state index contributed by atoms with van der Waals surface area (Å²) in [5.74, 6) is 1.26. The van der Waals surface area contributed by atoms with Gasteiger partial charge in [-0.15, -0.1) is 5.10 Å². The predicted molar refractivity (Wildman–Crippen MR) is 73.4 cm³/mol. The molecule has 1 N–H and O–H groups in total. The number of aromatic amines is 1. The van der Waals surface area contributed by atoms with Crippen molar-refractivity contribution in [1.82, 2.24) is 15.2 Å². The zero-order valence-electron chi connectivity index (χ0n) is 10.0. The average Bonchev–Trinajstić information content (AvgIpc) is 2.97. The molecule has 3 rings (SSSR count). The zero-order valence-corrected chi connectivity index (χ0v) is 11.7. The van der Waals surface area contributed by atoms with Crippen LogP contribution in [-0.2, 0) is 0 Å². The van der Waals surface area contributed by atoms with E-state index >= 15 is 0 Å². The number of H-pyrrole nitrogens is 1. The third-order valence-electron chi connectivity index (χ3n) is 3.07. The fraction of sp³-hybridized carbons (Fsp3) is 0.545. The second-order valence-corrected chi connectivity index (χ2v) is 6.00. The third kappa shape index (κ3) is 2.32. The molecule has 1 atom stereocenters. The number of hydrogen-bond donors (Lipinski definition) is 1. The first-order valence-corrected chi connectivity index (χ1v) is 7.21. The van der Waals surface area contributed by atoms with Crippen molar-refractivity contribution in [2.24, 2.45) is 5.92 Å². The molecule has 5 nitrogen and oxygen atoms in total. The number of thiazole rings is 1. The Hall–Kier alpha value is -1.21. The molecule has 0 spiro atoms. The largest absolute Gasteiger partial charge is 0.408 e. The summed E-state index contributed by atoms with van der Waals surface area (Å²) in [4.78, 5) is 8.00. The molecule has 0 aliphatic carbocycles. The van der Waals surface area contributed by atoms with Gasteiger partial charge in [-0.25, -0.2) is 10.1 Å². The first-order valence-electron chi connectivity index (χ1n) is 5.99. The molecule has 1 saturated heterocycles. The lowest BCUT2D eigenvalue weighted by molar-refractivity contribution is 0.446.